The smallest absolute Gasteiger partial charge is 0.0403 e. The summed E-state index contributed by atoms with van der Waals surface area (Å²) in [6.07, 6.45) is 6.19. The minimum Gasteiger partial charge on any atom is -0.385 e. The van der Waals surface area contributed by atoms with Crippen LogP contribution in [0.1, 0.15) is 25.8 Å². The molecule has 2 heterocycles. The molecule has 0 spiro atoms. The summed E-state index contributed by atoms with van der Waals surface area (Å²) >= 11 is 0. The van der Waals surface area contributed by atoms with Crippen molar-refractivity contribution in [3.8, 4) is 0 Å². The Morgan fingerprint density at radius 3 is 3.00 bits per heavy atom. The van der Waals surface area contributed by atoms with Gasteiger partial charge in [-0.2, -0.15) is 0 Å². The third-order valence-corrected chi connectivity index (χ3v) is 1.84. The zero-order valence-corrected chi connectivity index (χ0v) is 7.80. The van der Waals surface area contributed by atoms with Gasteiger partial charge in [0.2, 0.25) is 0 Å². The molecule has 0 amide bonds. The Morgan fingerprint density at radius 1 is 1.42 bits per heavy atom. The lowest BCUT2D eigenvalue weighted by atomic mass is 10.1. The van der Waals surface area contributed by atoms with E-state index in [2.05, 4.69) is 10.3 Å². The summed E-state index contributed by atoms with van der Waals surface area (Å²) in [5.74, 6) is 0. The van der Waals surface area contributed by atoms with E-state index in [1.165, 1.54) is 24.1 Å². The second-order valence-electron chi connectivity index (χ2n) is 2.56. The Labute approximate surface area is 74.0 Å². The summed E-state index contributed by atoms with van der Waals surface area (Å²) in [6, 6.07) is 2.04. The molecular formula is C10H16N2. The molecule has 0 saturated heterocycles. The number of anilines is 1. The summed E-state index contributed by atoms with van der Waals surface area (Å²) < 4.78 is 0. The highest BCUT2D eigenvalue weighted by Gasteiger charge is 2.05. The van der Waals surface area contributed by atoms with Crippen molar-refractivity contribution in [1.82, 2.24) is 4.98 Å². The molecule has 2 rings (SSSR count). The van der Waals surface area contributed by atoms with Crippen molar-refractivity contribution in [2.45, 2.75) is 26.7 Å². The van der Waals surface area contributed by atoms with Gasteiger partial charge in [-0.1, -0.05) is 13.8 Å². The Balaban J connectivity index is 0.000000336. The fourth-order valence-electron chi connectivity index (χ4n) is 1.30. The molecule has 1 aliphatic heterocycles. The van der Waals surface area contributed by atoms with Crippen molar-refractivity contribution in [3.63, 3.8) is 0 Å². The van der Waals surface area contributed by atoms with Gasteiger partial charge in [0.15, 0.2) is 0 Å². The van der Waals surface area contributed by atoms with Crippen LogP contribution >= 0.6 is 0 Å². The molecule has 1 aromatic rings. The molecule has 0 atom stereocenters. The minimum atomic E-state index is 1.11. The normalized spacial score (nSPS) is 13.5. The van der Waals surface area contributed by atoms with Crippen LogP contribution in [0.4, 0.5) is 5.69 Å². The number of hydrogen-bond acceptors (Lipinski definition) is 2. The number of hydrogen-bond donors (Lipinski definition) is 1. The maximum Gasteiger partial charge on any atom is 0.0403 e. The van der Waals surface area contributed by atoms with E-state index in [9.17, 15) is 0 Å². The van der Waals surface area contributed by atoms with Crippen LogP contribution in [0.25, 0.3) is 0 Å². The molecule has 12 heavy (non-hydrogen) atoms. The van der Waals surface area contributed by atoms with Crippen LogP contribution in [0.2, 0.25) is 0 Å². The lowest BCUT2D eigenvalue weighted by molar-refractivity contribution is 0.824. The maximum atomic E-state index is 4.06. The van der Waals surface area contributed by atoms with Gasteiger partial charge >= 0.3 is 0 Å². The number of nitrogens with zero attached hydrogens (tertiary/aromatic N) is 1. The molecule has 0 radical (unpaired) electrons. The summed E-state index contributed by atoms with van der Waals surface area (Å²) in [4.78, 5) is 4.06. The maximum absolute atomic E-state index is 4.06. The molecule has 1 N–H and O–H groups in total. The van der Waals surface area contributed by atoms with Crippen molar-refractivity contribution < 1.29 is 0 Å². The fraction of sp³-hybridized carbons (Fsp3) is 0.500. The van der Waals surface area contributed by atoms with Gasteiger partial charge in [0, 0.05) is 24.6 Å². The number of aromatic nitrogens is 1. The summed E-state index contributed by atoms with van der Waals surface area (Å²) in [5, 5.41) is 3.32. The molecule has 1 aliphatic rings. The highest BCUT2D eigenvalue weighted by molar-refractivity contribution is 5.50. The average Bonchev–Trinajstić information content (AvgIpc) is 2.21. The van der Waals surface area contributed by atoms with Crippen LogP contribution in [0.3, 0.4) is 0 Å². The van der Waals surface area contributed by atoms with Gasteiger partial charge in [0.1, 0.15) is 0 Å². The molecule has 0 fully saturated rings. The number of rotatable bonds is 0. The Kier molecular flexibility index (Phi) is 3.58. The van der Waals surface area contributed by atoms with Gasteiger partial charge in [-0.05, 0) is 24.5 Å². The Hall–Kier alpha value is -1.05. The first-order valence-corrected chi connectivity index (χ1v) is 4.63. The van der Waals surface area contributed by atoms with Crippen LogP contribution in [0, 0.1) is 0 Å². The first kappa shape index (κ1) is 9.04. The first-order valence-electron chi connectivity index (χ1n) is 4.63. The SMILES string of the molecule is CC.c1cc2c(cn1)CCCN2. The van der Waals surface area contributed by atoms with Crippen molar-refractivity contribution in [2.75, 3.05) is 11.9 Å². The number of nitrogens with one attached hydrogen (secondary N) is 1. The second kappa shape index (κ2) is 4.75. The molecule has 2 nitrogen and oxygen atoms in total. The lowest BCUT2D eigenvalue weighted by Crippen LogP contribution is -2.11. The highest BCUT2D eigenvalue weighted by Crippen LogP contribution is 2.18. The zero-order chi connectivity index (χ0) is 8.81. The average molecular weight is 164 g/mol. The topological polar surface area (TPSA) is 24.9 Å². The molecule has 2 heteroatoms. The highest BCUT2D eigenvalue weighted by atomic mass is 14.9. The molecule has 1 aromatic heterocycles. The van der Waals surface area contributed by atoms with E-state index in [0.717, 1.165) is 6.54 Å². The van der Waals surface area contributed by atoms with E-state index in [0.29, 0.717) is 0 Å². The van der Waals surface area contributed by atoms with Gasteiger partial charge < -0.3 is 5.32 Å². The van der Waals surface area contributed by atoms with Crippen LogP contribution in [-0.2, 0) is 6.42 Å². The van der Waals surface area contributed by atoms with Gasteiger partial charge in [0.05, 0.1) is 0 Å². The van der Waals surface area contributed by atoms with Crippen LogP contribution in [0.5, 0.6) is 0 Å². The predicted octanol–water partition coefficient (Wildman–Crippen LogP) is 2.47. The van der Waals surface area contributed by atoms with E-state index in [-0.39, 0.29) is 0 Å². The van der Waals surface area contributed by atoms with E-state index in [1.54, 1.807) is 0 Å². The van der Waals surface area contributed by atoms with Gasteiger partial charge in [-0.15, -0.1) is 0 Å². The van der Waals surface area contributed by atoms with Crippen LogP contribution < -0.4 is 5.32 Å². The molecule has 66 valence electrons. The minimum absolute atomic E-state index is 1.11. The monoisotopic (exact) mass is 164 g/mol. The fourth-order valence-corrected chi connectivity index (χ4v) is 1.30. The molecule has 0 unspecified atom stereocenters. The van der Waals surface area contributed by atoms with Crippen molar-refractivity contribution >= 4 is 5.69 Å². The van der Waals surface area contributed by atoms with Crippen molar-refractivity contribution in [2.24, 2.45) is 0 Å². The summed E-state index contributed by atoms with van der Waals surface area (Å²) in [7, 11) is 0. The molecule has 0 saturated carbocycles. The number of aryl methyl sites for hydroxylation is 1. The predicted molar refractivity (Wildman–Crippen MR) is 52.4 cm³/mol. The first-order chi connectivity index (χ1) is 5.97. The largest absolute Gasteiger partial charge is 0.385 e. The van der Waals surface area contributed by atoms with Crippen molar-refractivity contribution in [3.05, 3.63) is 24.0 Å². The number of fused-ring (bicyclic) bond motifs is 1. The van der Waals surface area contributed by atoms with Gasteiger partial charge in [-0.25, -0.2) is 0 Å². The van der Waals surface area contributed by atoms with Crippen molar-refractivity contribution in [1.29, 1.82) is 0 Å². The standard InChI is InChI=1S/C8H10N2.C2H6/c1-2-7-6-9-5-3-8(7)10-4-1;1-2/h3,5-6,10H,1-2,4H2;1-2H3. The third kappa shape index (κ3) is 1.97. The van der Waals surface area contributed by atoms with Crippen LogP contribution in [-0.4, -0.2) is 11.5 Å². The van der Waals surface area contributed by atoms with E-state index >= 15 is 0 Å². The Bertz CT molecular complexity index is 208. The van der Waals surface area contributed by atoms with Gasteiger partial charge in [-0.3, -0.25) is 4.98 Å². The number of pyridine rings is 1. The van der Waals surface area contributed by atoms with Crippen LogP contribution in [0.15, 0.2) is 18.5 Å². The quantitative estimate of drug-likeness (QED) is 0.637. The molecule has 0 aromatic carbocycles. The Morgan fingerprint density at radius 2 is 2.25 bits per heavy atom. The second-order valence-corrected chi connectivity index (χ2v) is 2.56. The zero-order valence-electron chi connectivity index (χ0n) is 7.80. The van der Waals surface area contributed by atoms with Gasteiger partial charge in [0.25, 0.3) is 0 Å². The van der Waals surface area contributed by atoms with E-state index in [4.69, 9.17) is 0 Å². The molecular weight excluding hydrogens is 148 g/mol. The lowest BCUT2D eigenvalue weighted by Gasteiger charge is -2.16. The summed E-state index contributed by atoms with van der Waals surface area (Å²) in [6.45, 7) is 5.11. The molecule has 0 bridgehead atoms. The van der Waals surface area contributed by atoms with E-state index < -0.39 is 0 Å². The van der Waals surface area contributed by atoms with E-state index in [1.807, 2.05) is 32.3 Å². The molecule has 0 aliphatic carbocycles. The third-order valence-electron chi connectivity index (χ3n) is 1.84. The summed E-state index contributed by atoms with van der Waals surface area (Å²) in [5.41, 5.74) is 2.62.